The van der Waals surface area contributed by atoms with Crippen molar-refractivity contribution in [3.05, 3.63) is 239 Å². The number of rotatable bonds is 8. The van der Waals surface area contributed by atoms with Crippen molar-refractivity contribution >= 4 is 33.7 Å². The Morgan fingerprint density at radius 1 is 0.229 bits per heavy atom. The molecule has 0 saturated carbocycles. The Morgan fingerprint density at radius 2 is 0.417 bits per heavy atom. The molecule has 0 aliphatic rings. The summed E-state index contributed by atoms with van der Waals surface area (Å²) in [5.74, 6) is 0. The van der Waals surface area contributed by atoms with Crippen LogP contribution in [-0.4, -0.2) is 0 Å². The largest absolute Gasteiger partial charge is 0.397 e. The van der Waals surface area contributed by atoms with Crippen molar-refractivity contribution in [2.75, 3.05) is 11.5 Å². The second kappa shape index (κ2) is 13.9. The van der Waals surface area contributed by atoms with Gasteiger partial charge in [0, 0.05) is 11.1 Å². The van der Waals surface area contributed by atoms with E-state index >= 15 is 0 Å². The molecule has 0 amide bonds. The fourth-order valence-corrected chi connectivity index (χ4v) is 6.48. The molecule has 0 bridgehead atoms. The Hall–Kier alpha value is -6.38. The molecule has 7 aromatic carbocycles. The van der Waals surface area contributed by atoms with Crippen molar-refractivity contribution in [3.8, 4) is 0 Å². The van der Waals surface area contributed by atoms with E-state index in [0.717, 1.165) is 66.8 Å². The van der Waals surface area contributed by atoms with E-state index in [9.17, 15) is 0 Å². The first-order valence-corrected chi connectivity index (χ1v) is 16.2. The Labute approximate surface area is 283 Å². The highest BCUT2D eigenvalue weighted by molar-refractivity contribution is 6.11. The molecular weight excluding hydrogens is 581 g/mol. The normalized spacial score (nSPS) is 10.7. The maximum absolute atomic E-state index is 7.23. The van der Waals surface area contributed by atoms with Crippen LogP contribution in [0, 0.1) is 0 Å². The summed E-state index contributed by atoms with van der Waals surface area (Å²) in [4.78, 5) is 0. The van der Waals surface area contributed by atoms with Crippen LogP contribution >= 0.6 is 0 Å². The topological polar surface area (TPSA) is 52.0 Å². The molecule has 0 saturated heterocycles. The average Bonchev–Trinajstić information content (AvgIpc) is 3.16. The van der Waals surface area contributed by atoms with E-state index in [1.54, 1.807) is 0 Å². The zero-order valence-electron chi connectivity index (χ0n) is 26.6. The summed E-state index contributed by atoms with van der Waals surface area (Å²) in [6.07, 6.45) is 0. The zero-order valence-corrected chi connectivity index (χ0v) is 26.6. The summed E-state index contributed by atoms with van der Waals surface area (Å²) in [5.41, 5.74) is 28.1. The van der Waals surface area contributed by atoms with E-state index in [1.807, 2.05) is 36.4 Å². The predicted octanol–water partition coefficient (Wildman–Crippen LogP) is 10.9. The lowest BCUT2D eigenvalue weighted by atomic mass is 9.82. The van der Waals surface area contributed by atoms with Crippen LogP contribution < -0.4 is 11.5 Å². The highest BCUT2D eigenvalue weighted by atomic mass is 14.7. The quantitative estimate of drug-likeness (QED) is 0.132. The van der Waals surface area contributed by atoms with Crippen LogP contribution in [0.5, 0.6) is 0 Å². The van der Waals surface area contributed by atoms with E-state index in [1.165, 1.54) is 0 Å². The highest BCUT2D eigenvalue weighted by Gasteiger charge is 2.23. The maximum atomic E-state index is 7.23. The third-order valence-corrected chi connectivity index (χ3v) is 8.70. The van der Waals surface area contributed by atoms with E-state index < -0.39 is 0 Å². The molecule has 0 aliphatic heterocycles. The Balaban J connectivity index is 1.56. The summed E-state index contributed by atoms with van der Waals surface area (Å²) in [6, 6.07) is 67.2. The van der Waals surface area contributed by atoms with Crippen molar-refractivity contribution in [2.45, 2.75) is 0 Å². The number of nitrogen functional groups attached to an aromatic ring is 2. The second-order valence-electron chi connectivity index (χ2n) is 11.7. The molecule has 4 N–H and O–H groups in total. The van der Waals surface area contributed by atoms with Crippen molar-refractivity contribution < 1.29 is 0 Å². The molecule has 0 aliphatic carbocycles. The lowest BCUT2D eigenvalue weighted by Gasteiger charge is -2.23. The SMILES string of the molecule is Nc1c(C(=C(c2ccccc2)c2ccccc2)c2ccccc2)ccc(C(=C(c2ccccc2)c2ccccc2)c2ccccc2)c1N. The van der Waals surface area contributed by atoms with Gasteiger partial charge in [-0.3, -0.25) is 0 Å². The summed E-state index contributed by atoms with van der Waals surface area (Å²) < 4.78 is 0. The first kappa shape index (κ1) is 30.3. The average molecular weight is 617 g/mol. The Bertz CT molecular complexity index is 1940. The molecule has 230 valence electrons. The monoisotopic (exact) mass is 616 g/mol. The summed E-state index contributed by atoms with van der Waals surface area (Å²) in [5, 5.41) is 0. The number of nitrogens with two attached hydrogens (primary N) is 2. The zero-order chi connectivity index (χ0) is 32.7. The lowest BCUT2D eigenvalue weighted by molar-refractivity contribution is 1.47. The van der Waals surface area contributed by atoms with Gasteiger partial charge in [-0.1, -0.05) is 194 Å². The standard InChI is InChI=1S/C46H36N2/c47-45-39(43(37-27-15-5-16-28-37)41(33-19-7-1-8-20-33)34-21-9-2-10-22-34)31-32-40(46(45)48)44(38-29-17-6-18-30-38)42(35-23-11-3-12-24-35)36-25-13-4-14-26-36/h1-32H,47-48H2. The minimum absolute atomic E-state index is 0.546. The van der Waals surface area contributed by atoms with Gasteiger partial charge in [0.1, 0.15) is 0 Å². The van der Waals surface area contributed by atoms with Crippen molar-refractivity contribution in [1.82, 2.24) is 0 Å². The van der Waals surface area contributed by atoms with Crippen LogP contribution in [0.1, 0.15) is 44.5 Å². The molecule has 2 heteroatoms. The van der Waals surface area contributed by atoms with Crippen molar-refractivity contribution in [1.29, 1.82) is 0 Å². The van der Waals surface area contributed by atoms with Gasteiger partial charge in [0.05, 0.1) is 11.4 Å². The summed E-state index contributed by atoms with van der Waals surface area (Å²) in [6.45, 7) is 0. The smallest absolute Gasteiger partial charge is 0.0634 e. The van der Waals surface area contributed by atoms with Crippen LogP contribution in [0.3, 0.4) is 0 Å². The number of anilines is 2. The molecule has 0 aromatic heterocycles. The Kier molecular flexibility index (Phi) is 8.80. The van der Waals surface area contributed by atoms with Gasteiger partial charge < -0.3 is 11.5 Å². The molecule has 48 heavy (non-hydrogen) atoms. The summed E-state index contributed by atoms with van der Waals surface area (Å²) >= 11 is 0. The number of hydrogen-bond donors (Lipinski definition) is 2. The fourth-order valence-electron chi connectivity index (χ4n) is 6.48. The van der Waals surface area contributed by atoms with Gasteiger partial charge in [-0.15, -0.1) is 0 Å². The maximum Gasteiger partial charge on any atom is 0.0634 e. The molecule has 0 unspecified atom stereocenters. The molecular formula is C46H36N2. The van der Waals surface area contributed by atoms with Gasteiger partial charge in [0.25, 0.3) is 0 Å². The first-order chi connectivity index (χ1) is 23.7. The van der Waals surface area contributed by atoms with Crippen LogP contribution in [0.2, 0.25) is 0 Å². The van der Waals surface area contributed by atoms with Crippen molar-refractivity contribution in [3.63, 3.8) is 0 Å². The molecule has 0 atom stereocenters. The van der Waals surface area contributed by atoms with E-state index in [4.69, 9.17) is 11.5 Å². The molecule has 0 heterocycles. The van der Waals surface area contributed by atoms with E-state index in [-0.39, 0.29) is 0 Å². The third kappa shape index (κ3) is 6.08. The molecule has 0 spiro atoms. The van der Waals surface area contributed by atoms with Gasteiger partial charge in [0.15, 0.2) is 0 Å². The van der Waals surface area contributed by atoms with Gasteiger partial charge in [-0.05, 0) is 55.7 Å². The van der Waals surface area contributed by atoms with Gasteiger partial charge in [-0.25, -0.2) is 0 Å². The predicted molar refractivity (Wildman–Crippen MR) is 204 cm³/mol. The minimum atomic E-state index is 0.546. The molecule has 7 rings (SSSR count). The fraction of sp³-hybridized carbons (Fsp3) is 0. The van der Waals surface area contributed by atoms with E-state index in [0.29, 0.717) is 11.4 Å². The van der Waals surface area contributed by atoms with Crippen LogP contribution in [0.15, 0.2) is 194 Å². The van der Waals surface area contributed by atoms with Gasteiger partial charge in [0.2, 0.25) is 0 Å². The summed E-state index contributed by atoms with van der Waals surface area (Å²) in [7, 11) is 0. The van der Waals surface area contributed by atoms with Crippen LogP contribution in [-0.2, 0) is 0 Å². The Morgan fingerprint density at radius 3 is 0.625 bits per heavy atom. The van der Waals surface area contributed by atoms with Crippen LogP contribution in [0.4, 0.5) is 11.4 Å². The first-order valence-electron chi connectivity index (χ1n) is 16.2. The molecule has 2 nitrogen and oxygen atoms in total. The second-order valence-corrected chi connectivity index (χ2v) is 11.7. The number of hydrogen-bond acceptors (Lipinski definition) is 2. The molecule has 0 fully saturated rings. The number of benzene rings is 7. The third-order valence-electron chi connectivity index (χ3n) is 8.70. The highest BCUT2D eigenvalue weighted by Crippen LogP contribution is 2.45. The van der Waals surface area contributed by atoms with Gasteiger partial charge in [-0.2, -0.15) is 0 Å². The van der Waals surface area contributed by atoms with E-state index in [2.05, 4.69) is 158 Å². The van der Waals surface area contributed by atoms with Crippen LogP contribution in [0.25, 0.3) is 22.3 Å². The minimum Gasteiger partial charge on any atom is -0.397 e. The van der Waals surface area contributed by atoms with Gasteiger partial charge >= 0.3 is 0 Å². The lowest BCUT2D eigenvalue weighted by Crippen LogP contribution is -2.07. The van der Waals surface area contributed by atoms with Crippen molar-refractivity contribution in [2.24, 2.45) is 0 Å². The molecule has 7 aromatic rings. The molecule has 0 radical (unpaired) electrons.